The van der Waals surface area contributed by atoms with E-state index in [0.717, 1.165) is 49.2 Å². The number of hydrogen-bond acceptors (Lipinski definition) is 3. The molecule has 4 rings (SSSR count). The average Bonchev–Trinajstić information content (AvgIpc) is 3.31. The van der Waals surface area contributed by atoms with E-state index >= 15 is 0 Å². The predicted molar refractivity (Wildman–Crippen MR) is 135 cm³/mol. The molecule has 3 unspecified atom stereocenters. The third kappa shape index (κ3) is 6.02. The fourth-order valence-corrected chi connectivity index (χ4v) is 5.14. The van der Waals surface area contributed by atoms with E-state index in [1.165, 1.54) is 12.0 Å². The minimum absolute atomic E-state index is 0.242. The highest BCUT2D eigenvalue weighted by Gasteiger charge is 2.28. The molecule has 0 bridgehead atoms. The van der Waals surface area contributed by atoms with Gasteiger partial charge in [-0.05, 0) is 79.5 Å². The van der Waals surface area contributed by atoms with Crippen LogP contribution in [0.5, 0.6) is 0 Å². The summed E-state index contributed by atoms with van der Waals surface area (Å²) < 4.78 is 0. The van der Waals surface area contributed by atoms with Gasteiger partial charge < -0.3 is 15.7 Å². The van der Waals surface area contributed by atoms with Gasteiger partial charge in [0.25, 0.3) is 0 Å². The van der Waals surface area contributed by atoms with E-state index in [1.807, 2.05) is 12.1 Å². The monoisotopic (exact) mass is 442 g/mol. The van der Waals surface area contributed by atoms with Gasteiger partial charge in [-0.25, -0.2) is 0 Å². The summed E-state index contributed by atoms with van der Waals surface area (Å²) in [5.41, 5.74) is 10.4. The molecule has 1 aliphatic rings. The third-order valence-corrected chi connectivity index (χ3v) is 6.97. The molecule has 0 spiro atoms. The highest BCUT2D eigenvalue weighted by molar-refractivity contribution is 5.76. The van der Waals surface area contributed by atoms with E-state index in [0.29, 0.717) is 11.8 Å². The molecule has 33 heavy (non-hydrogen) atoms. The molecular formula is C29H34N2O2. The number of nitrogens with zero attached hydrogens (tertiary/aromatic N) is 1. The number of rotatable bonds is 10. The van der Waals surface area contributed by atoms with Gasteiger partial charge in [0.05, 0.1) is 5.92 Å². The van der Waals surface area contributed by atoms with Gasteiger partial charge in [0.1, 0.15) is 0 Å². The Hall–Kier alpha value is -3.11. The lowest BCUT2D eigenvalue weighted by atomic mass is 9.91. The first-order valence-electron chi connectivity index (χ1n) is 12.1. The lowest BCUT2D eigenvalue weighted by Crippen LogP contribution is -2.25. The maximum Gasteiger partial charge on any atom is 0.307 e. The van der Waals surface area contributed by atoms with Crippen LogP contribution in [0.1, 0.15) is 37.7 Å². The summed E-state index contributed by atoms with van der Waals surface area (Å²) in [6, 6.07) is 29.8. The molecule has 3 atom stereocenters. The van der Waals surface area contributed by atoms with Crippen molar-refractivity contribution in [2.24, 2.45) is 23.5 Å². The van der Waals surface area contributed by atoms with Crippen LogP contribution in [0, 0.1) is 17.8 Å². The zero-order chi connectivity index (χ0) is 23.0. The normalized spacial score (nSPS) is 18.7. The SMILES string of the molecule is NCC(CC1CCC(CCc2ccc(N(c3ccccc3)c3ccccc3)cc2)C1)C(=O)O. The molecule has 0 radical (unpaired) electrons. The molecule has 3 N–H and O–H groups in total. The Labute approximate surface area is 197 Å². The zero-order valence-electron chi connectivity index (χ0n) is 19.1. The average molecular weight is 443 g/mol. The summed E-state index contributed by atoms with van der Waals surface area (Å²) in [7, 11) is 0. The molecule has 4 nitrogen and oxygen atoms in total. The molecule has 0 heterocycles. The van der Waals surface area contributed by atoms with Crippen LogP contribution in [0.4, 0.5) is 17.1 Å². The maximum absolute atomic E-state index is 11.3. The number of para-hydroxylation sites is 2. The number of hydrogen-bond donors (Lipinski definition) is 2. The number of aliphatic carboxylic acids is 1. The highest BCUT2D eigenvalue weighted by atomic mass is 16.4. The zero-order valence-corrected chi connectivity index (χ0v) is 19.1. The van der Waals surface area contributed by atoms with E-state index < -0.39 is 11.9 Å². The Kier molecular flexibility index (Phi) is 7.79. The number of carboxylic acids is 1. The number of benzene rings is 3. The molecule has 1 saturated carbocycles. The summed E-state index contributed by atoms with van der Waals surface area (Å²) in [5.74, 6) is 0.0546. The molecule has 3 aromatic rings. The minimum Gasteiger partial charge on any atom is -0.481 e. The number of carbonyl (C=O) groups is 1. The molecule has 3 aromatic carbocycles. The van der Waals surface area contributed by atoms with E-state index in [1.54, 1.807) is 0 Å². The van der Waals surface area contributed by atoms with Crippen LogP contribution in [-0.4, -0.2) is 17.6 Å². The fraction of sp³-hybridized carbons (Fsp3) is 0.345. The predicted octanol–water partition coefficient (Wildman–Crippen LogP) is 6.55. The molecule has 172 valence electrons. The van der Waals surface area contributed by atoms with E-state index in [2.05, 4.69) is 77.7 Å². The van der Waals surface area contributed by atoms with E-state index in [4.69, 9.17) is 5.73 Å². The van der Waals surface area contributed by atoms with Crippen LogP contribution in [0.15, 0.2) is 84.9 Å². The van der Waals surface area contributed by atoms with Crippen molar-refractivity contribution in [3.05, 3.63) is 90.5 Å². The van der Waals surface area contributed by atoms with Gasteiger partial charge in [0, 0.05) is 23.6 Å². The van der Waals surface area contributed by atoms with Gasteiger partial charge >= 0.3 is 5.97 Å². The Balaban J connectivity index is 1.37. The molecule has 0 amide bonds. The summed E-state index contributed by atoms with van der Waals surface area (Å²) >= 11 is 0. The summed E-state index contributed by atoms with van der Waals surface area (Å²) in [6.45, 7) is 0.242. The van der Waals surface area contributed by atoms with Crippen molar-refractivity contribution >= 4 is 23.0 Å². The van der Waals surface area contributed by atoms with Gasteiger partial charge in [0.15, 0.2) is 0 Å². The molecule has 1 aliphatic carbocycles. The van der Waals surface area contributed by atoms with Crippen molar-refractivity contribution in [3.63, 3.8) is 0 Å². The van der Waals surface area contributed by atoms with Gasteiger partial charge in [-0.2, -0.15) is 0 Å². The van der Waals surface area contributed by atoms with Gasteiger partial charge in [-0.1, -0.05) is 61.4 Å². The van der Waals surface area contributed by atoms with Crippen LogP contribution in [0.25, 0.3) is 0 Å². The standard InChI is InChI=1S/C29H34N2O2/c30-21-25(29(32)33)20-24-14-13-23(19-24)12-11-22-15-17-28(18-16-22)31(26-7-3-1-4-8-26)27-9-5-2-6-10-27/h1-10,15-18,23-25H,11-14,19-21,30H2,(H,32,33). The third-order valence-electron chi connectivity index (χ3n) is 6.97. The van der Waals surface area contributed by atoms with Crippen molar-refractivity contribution in [1.29, 1.82) is 0 Å². The molecule has 0 aromatic heterocycles. The molecule has 1 fully saturated rings. The van der Waals surface area contributed by atoms with Gasteiger partial charge in [-0.3, -0.25) is 4.79 Å². The number of anilines is 3. The summed E-state index contributed by atoms with van der Waals surface area (Å²) in [6.07, 6.45) is 6.43. The Morgan fingerprint density at radius 3 is 1.94 bits per heavy atom. The Bertz CT molecular complexity index is 965. The first kappa shape index (κ1) is 23.1. The molecule has 0 saturated heterocycles. The largest absolute Gasteiger partial charge is 0.481 e. The van der Waals surface area contributed by atoms with Crippen molar-refractivity contribution in [1.82, 2.24) is 0 Å². The van der Waals surface area contributed by atoms with Gasteiger partial charge in [0.2, 0.25) is 0 Å². The summed E-state index contributed by atoms with van der Waals surface area (Å²) in [5, 5.41) is 9.27. The van der Waals surface area contributed by atoms with Crippen LogP contribution in [0.3, 0.4) is 0 Å². The Morgan fingerprint density at radius 1 is 0.848 bits per heavy atom. The highest BCUT2D eigenvalue weighted by Crippen LogP contribution is 2.38. The van der Waals surface area contributed by atoms with Crippen molar-refractivity contribution in [2.45, 2.75) is 38.5 Å². The van der Waals surface area contributed by atoms with E-state index in [9.17, 15) is 9.90 Å². The summed E-state index contributed by atoms with van der Waals surface area (Å²) in [4.78, 5) is 13.6. The number of aryl methyl sites for hydroxylation is 1. The lowest BCUT2D eigenvalue weighted by molar-refractivity contribution is -0.142. The second kappa shape index (κ2) is 11.2. The maximum atomic E-state index is 11.3. The lowest BCUT2D eigenvalue weighted by Gasteiger charge is -2.25. The van der Waals surface area contributed by atoms with E-state index in [-0.39, 0.29) is 6.54 Å². The number of nitrogens with two attached hydrogens (primary N) is 1. The quantitative estimate of drug-likeness (QED) is 0.373. The van der Waals surface area contributed by atoms with Crippen molar-refractivity contribution in [2.75, 3.05) is 11.4 Å². The molecule has 4 heteroatoms. The minimum atomic E-state index is -0.749. The van der Waals surface area contributed by atoms with Crippen LogP contribution in [0.2, 0.25) is 0 Å². The van der Waals surface area contributed by atoms with Crippen molar-refractivity contribution in [3.8, 4) is 0 Å². The van der Waals surface area contributed by atoms with Crippen LogP contribution < -0.4 is 10.6 Å². The topological polar surface area (TPSA) is 66.6 Å². The van der Waals surface area contributed by atoms with Crippen molar-refractivity contribution < 1.29 is 9.90 Å². The Morgan fingerprint density at radius 2 is 1.39 bits per heavy atom. The first-order chi connectivity index (χ1) is 16.1. The van der Waals surface area contributed by atoms with Crippen LogP contribution >= 0.6 is 0 Å². The molecule has 0 aliphatic heterocycles. The van der Waals surface area contributed by atoms with Gasteiger partial charge in [-0.15, -0.1) is 0 Å². The van der Waals surface area contributed by atoms with Crippen LogP contribution in [-0.2, 0) is 11.2 Å². The first-order valence-corrected chi connectivity index (χ1v) is 12.1. The molecular weight excluding hydrogens is 408 g/mol. The smallest absolute Gasteiger partial charge is 0.307 e. The second-order valence-electron chi connectivity index (χ2n) is 9.26. The fourth-order valence-electron chi connectivity index (χ4n) is 5.14. The number of carboxylic acid groups (broad SMARTS) is 1. The second-order valence-corrected chi connectivity index (χ2v) is 9.26.